The molecular weight excluding hydrogens is 272 g/mol. The maximum Gasteiger partial charge on any atom is 0.251 e. The van der Waals surface area contributed by atoms with Crippen molar-refractivity contribution in [1.82, 2.24) is 10.3 Å². The number of hydrogen-bond donors (Lipinski definition) is 2. The van der Waals surface area contributed by atoms with Crippen LogP contribution in [0.15, 0.2) is 23.4 Å². The molecule has 1 amide bonds. The molecule has 4 nitrogen and oxygen atoms in total. The molecule has 20 heavy (non-hydrogen) atoms. The normalized spacial score (nSPS) is 16.8. The van der Waals surface area contributed by atoms with Gasteiger partial charge in [0.15, 0.2) is 0 Å². The van der Waals surface area contributed by atoms with Crippen LogP contribution in [0, 0.1) is 5.92 Å². The van der Waals surface area contributed by atoms with E-state index < -0.39 is 6.10 Å². The second-order valence-corrected chi connectivity index (χ2v) is 8.06. The van der Waals surface area contributed by atoms with Crippen LogP contribution in [0.2, 0.25) is 0 Å². The molecule has 0 bridgehead atoms. The van der Waals surface area contributed by atoms with Gasteiger partial charge in [0.25, 0.3) is 5.91 Å². The van der Waals surface area contributed by atoms with Gasteiger partial charge < -0.3 is 10.4 Å². The van der Waals surface area contributed by atoms with Crippen LogP contribution in [0.25, 0.3) is 0 Å². The molecular formula is C15H22N2O2S. The van der Waals surface area contributed by atoms with Crippen molar-refractivity contribution in [3.05, 3.63) is 23.9 Å². The average molecular weight is 294 g/mol. The first-order valence-corrected chi connectivity index (χ1v) is 7.78. The zero-order valence-electron chi connectivity index (χ0n) is 12.2. The highest BCUT2D eigenvalue weighted by Crippen LogP contribution is 2.32. The van der Waals surface area contributed by atoms with Gasteiger partial charge in [-0.1, -0.05) is 20.8 Å². The number of aromatic nitrogens is 1. The molecule has 1 heterocycles. The van der Waals surface area contributed by atoms with Crippen LogP contribution >= 0.6 is 11.8 Å². The molecule has 110 valence electrons. The second kappa shape index (κ2) is 6.14. The Hall–Kier alpha value is -1.07. The molecule has 2 rings (SSSR count). The molecule has 0 spiro atoms. The minimum Gasteiger partial charge on any atom is -0.391 e. The first kappa shape index (κ1) is 15.3. The Labute approximate surface area is 124 Å². The summed E-state index contributed by atoms with van der Waals surface area (Å²) in [6, 6.07) is 3.50. The van der Waals surface area contributed by atoms with Crippen molar-refractivity contribution in [3.8, 4) is 0 Å². The molecule has 0 aliphatic heterocycles. The van der Waals surface area contributed by atoms with E-state index in [0.717, 1.165) is 17.9 Å². The van der Waals surface area contributed by atoms with Crippen molar-refractivity contribution in [2.75, 3.05) is 6.54 Å². The van der Waals surface area contributed by atoms with Gasteiger partial charge in [-0.2, -0.15) is 0 Å². The van der Waals surface area contributed by atoms with E-state index in [2.05, 4.69) is 31.1 Å². The fourth-order valence-electron chi connectivity index (χ4n) is 1.87. The van der Waals surface area contributed by atoms with E-state index in [-0.39, 0.29) is 10.7 Å². The average Bonchev–Trinajstić information content (AvgIpc) is 3.18. The van der Waals surface area contributed by atoms with E-state index in [1.807, 2.05) is 0 Å². The number of carbonyl (C=O) groups is 1. The molecule has 1 aliphatic rings. The third kappa shape index (κ3) is 4.80. The zero-order valence-corrected chi connectivity index (χ0v) is 13.0. The summed E-state index contributed by atoms with van der Waals surface area (Å²) in [5, 5.41) is 13.4. The van der Waals surface area contributed by atoms with Gasteiger partial charge in [-0.3, -0.25) is 4.79 Å². The summed E-state index contributed by atoms with van der Waals surface area (Å²) < 4.78 is 0.0598. The van der Waals surface area contributed by atoms with Crippen LogP contribution in [-0.2, 0) is 0 Å². The maximum absolute atomic E-state index is 12.1. The van der Waals surface area contributed by atoms with Gasteiger partial charge in [-0.25, -0.2) is 4.98 Å². The molecule has 1 aromatic heterocycles. The minimum atomic E-state index is -0.413. The van der Waals surface area contributed by atoms with Crippen LogP contribution in [0.3, 0.4) is 0 Å². The van der Waals surface area contributed by atoms with Gasteiger partial charge in [0, 0.05) is 23.1 Å². The summed E-state index contributed by atoms with van der Waals surface area (Å²) in [7, 11) is 0. The van der Waals surface area contributed by atoms with E-state index in [1.165, 1.54) is 0 Å². The fourth-order valence-corrected chi connectivity index (χ4v) is 2.79. The van der Waals surface area contributed by atoms with E-state index in [0.29, 0.717) is 18.0 Å². The van der Waals surface area contributed by atoms with Crippen LogP contribution in [0.4, 0.5) is 0 Å². The summed E-state index contributed by atoms with van der Waals surface area (Å²) in [6.07, 6.45) is 3.38. The van der Waals surface area contributed by atoms with Gasteiger partial charge in [-0.15, -0.1) is 11.8 Å². The predicted molar refractivity (Wildman–Crippen MR) is 80.9 cm³/mol. The Morgan fingerprint density at radius 1 is 1.55 bits per heavy atom. The van der Waals surface area contributed by atoms with Crippen LogP contribution in [0.5, 0.6) is 0 Å². The van der Waals surface area contributed by atoms with Crippen molar-refractivity contribution < 1.29 is 9.90 Å². The van der Waals surface area contributed by atoms with Gasteiger partial charge in [0.2, 0.25) is 0 Å². The molecule has 5 heteroatoms. The Balaban J connectivity index is 1.93. The standard InChI is InChI=1S/C15H22N2O2S/c1-15(2,3)20-13-8-11(6-7-16-13)14(19)17-9-12(18)10-4-5-10/h6-8,10,12,18H,4-5,9H2,1-3H3,(H,17,19). The first-order chi connectivity index (χ1) is 9.35. The zero-order chi connectivity index (χ0) is 14.8. The third-order valence-corrected chi connectivity index (χ3v) is 4.09. The highest BCUT2D eigenvalue weighted by molar-refractivity contribution is 8.00. The summed E-state index contributed by atoms with van der Waals surface area (Å²) in [5.41, 5.74) is 0.592. The highest BCUT2D eigenvalue weighted by atomic mass is 32.2. The third-order valence-electron chi connectivity index (χ3n) is 3.05. The molecule has 1 unspecified atom stereocenters. The Morgan fingerprint density at radius 3 is 2.85 bits per heavy atom. The lowest BCUT2D eigenvalue weighted by Crippen LogP contribution is -2.33. The van der Waals surface area contributed by atoms with Crippen molar-refractivity contribution in [2.24, 2.45) is 5.92 Å². The topological polar surface area (TPSA) is 62.2 Å². The SMILES string of the molecule is CC(C)(C)Sc1cc(C(=O)NCC(O)C2CC2)ccn1. The number of aliphatic hydroxyl groups is 1. The maximum atomic E-state index is 12.1. The predicted octanol–water partition coefficient (Wildman–Crippen LogP) is 2.47. The van der Waals surface area contributed by atoms with E-state index in [4.69, 9.17) is 0 Å². The van der Waals surface area contributed by atoms with Gasteiger partial charge >= 0.3 is 0 Å². The van der Waals surface area contributed by atoms with Crippen molar-refractivity contribution >= 4 is 17.7 Å². The number of carbonyl (C=O) groups excluding carboxylic acids is 1. The molecule has 0 saturated heterocycles. The van der Waals surface area contributed by atoms with Crippen LogP contribution < -0.4 is 5.32 Å². The molecule has 1 saturated carbocycles. The Morgan fingerprint density at radius 2 is 2.25 bits per heavy atom. The fraction of sp³-hybridized carbons (Fsp3) is 0.600. The second-order valence-electron chi connectivity index (χ2n) is 6.21. The Kier molecular flexibility index (Phi) is 4.70. The summed E-state index contributed by atoms with van der Waals surface area (Å²) >= 11 is 1.63. The molecule has 1 fully saturated rings. The molecule has 1 atom stereocenters. The van der Waals surface area contributed by atoms with Crippen molar-refractivity contribution in [3.63, 3.8) is 0 Å². The van der Waals surface area contributed by atoms with E-state index in [9.17, 15) is 9.90 Å². The number of nitrogens with one attached hydrogen (secondary N) is 1. The number of aliphatic hydroxyl groups excluding tert-OH is 1. The highest BCUT2D eigenvalue weighted by Gasteiger charge is 2.29. The Bertz CT molecular complexity index is 481. The van der Waals surface area contributed by atoms with Gasteiger partial charge in [0.05, 0.1) is 11.1 Å². The lowest BCUT2D eigenvalue weighted by molar-refractivity contribution is 0.0901. The number of amides is 1. The number of rotatable bonds is 5. The largest absolute Gasteiger partial charge is 0.391 e. The number of pyridine rings is 1. The smallest absolute Gasteiger partial charge is 0.251 e. The monoisotopic (exact) mass is 294 g/mol. The van der Waals surface area contributed by atoms with E-state index in [1.54, 1.807) is 30.1 Å². The van der Waals surface area contributed by atoms with Crippen molar-refractivity contribution in [2.45, 2.75) is 49.5 Å². The quantitative estimate of drug-likeness (QED) is 0.819. The molecule has 0 aromatic carbocycles. The lowest BCUT2D eigenvalue weighted by atomic mass is 10.2. The molecule has 1 aliphatic carbocycles. The van der Waals surface area contributed by atoms with Crippen LogP contribution in [0.1, 0.15) is 44.0 Å². The van der Waals surface area contributed by atoms with Gasteiger partial charge in [0.1, 0.15) is 0 Å². The molecule has 1 aromatic rings. The summed E-state index contributed by atoms with van der Waals surface area (Å²) in [4.78, 5) is 16.3. The van der Waals surface area contributed by atoms with E-state index >= 15 is 0 Å². The molecule has 2 N–H and O–H groups in total. The number of thioether (sulfide) groups is 1. The minimum absolute atomic E-state index is 0.0598. The number of nitrogens with zero attached hydrogens (tertiary/aromatic N) is 1. The lowest BCUT2D eigenvalue weighted by Gasteiger charge is -2.17. The van der Waals surface area contributed by atoms with Crippen LogP contribution in [-0.4, -0.2) is 33.4 Å². The van der Waals surface area contributed by atoms with Gasteiger partial charge in [-0.05, 0) is 30.9 Å². The van der Waals surface area contributed by atoms with Crippen molar-refractivity contribution in [1.29, 1.82) is 0 Å². The number of hydrogen-bond acceptors (Lipinski definition) is 4. The summed E-state index contributed by atoms with van der Waals surface area (Å²) in [6.45, 7) is 6.65. The first-order valence-electron chi connectivity index (χ1n) is 6.96. The molecule has 0 radical (unpaired) electrons. The summed E-state index contributed by atoms with van der Waals surface area (Å²) in [5.74, 6) is 0.225.